The van der Waals surface area contributed by atoms with Gasteiger partial charge in [0.25, 0.3) is 0 Å². The van der Waals surface area contributed by atoms with Crippen molar-refractivity contribution < 1.29 is 28.8 Å². The minimum atomic E-state index is -0.544. The number of halogens is 1. The summed E-state index contributed by atoms with van der Waals surface area (Å²) in [6.07, 6.45) is 4.93. The molecule has 0 spiro atoms. The predicted molar refractivity (Wildman–Crippen MR) is 188 cm³/mol. The van der Waals surface area contributed by atoms with Crippen LogP contribution in [0, 0.1) is 5.41 Å². The fourth-order valence-corrected chi connectivity index (χ4v) is 7.03. The normalized spacial score (nSPS) is 18.7. The topological polar surface area (TPSA) is 95.3 Å². The van der Waals surface area contributed by atoms with Crippen molar-refractivity contribution in [3.05, 3.63) is 51.8 Å². The molecule has 47 heavy (non-hydrogen) atoms. The van der Waals surface area contributed by atoms with Crippen LogP contribution in [0.15, 0.2) is 34.9 Å². The first-order valence-electron chi connectivity index (χ1n) is 16.9. The van der Waals surface area contributed by atoms with Crippen molar-refractivity contribution >= 4 is 32.9 Å². The minimum absolute atomic E-state index is 0.0577. The van der Waals surface area contributed by atoms with E-state index in [0.717, 1.165) is 75.9 Å². The second-order valence-electron chi connectivity index (χ2n) is 14.8. The summed E-state index contributed by atoms with van der Waals surface area (Å²) in [5.74, 6) is 0.127. The monoisotopic (exact) mass is 713 g/mol. The zero-order chi connectivity index (χ0) is 33.9. The zero-order valence-electron chi connectivity index (χ0n) is 29.1. The molecule has 258 valence electrons. The molecule has 1 aromatic carbocycles. The van der Waals surface area contributed by atoms with Gasteiger partial charge in [-0.1, -0.05) is 29.8 Å². The van der Waals surface area contributed by atoms with Crippen molar-refractivity contribution in [1.82, 2.24) is 14.5 Å². The summed E-state index contributed by atoms with van der Waals surface area (Å²) in [4.78, 5) is 19.8. The summed E-state index contributed by atoms with van der Waals surface area (Å²) >= 11 is 3.73. The molecular weight excluding hydrogens is 662 g/mol. The molecule has 2 fully saturated rings. The average molecular weight is 715 g/mol. The number of aromatic nitrogens is 2. The van der Waals surface area contributed by atoms with Gasteiger partial charge in [0.2, 0.25) is 0 Å². The second kappa shape index (κ2) is 14.9. The van der Waals surface area contributed by atoms with E-state index in [2.05, 4.69) is 58.6 Å². The minimum Gasteiger partial charge on any atom is -0.444 e. The molecule has 0 unspecified atom stereocenters. The lowest BCUT2D eigenvalue weighted by atomic mass is 9.84. The van der Waals surface area contributed by atoms with Gasteiger partial charge in [-0.25, -0.2) is 4.79 Å². The van der Waals surface area contributed by atoms with E-state index in [1.807, 2.05) is 33.9 Å². The van der Waals surface area contributed by atoms with Crippen LogP contribution >= 0.6 is 15.9 Å². The molecule has 4 heterocycles. The van der Waals surface area contributed by atoms with Crippen LogP contribution in [0.4, 0.5) is 4.79 Å². The highest BCUT2D eigenvalue weighted by atomic mass is 79.9. The van der Waals surface area contributed by atoms with Crippen molar-refractivity contribution in [2.24, 2.45) is 5.41 Å². The van der Waals surface area contributed by atoms with E-state index in [1.165, 1.54) is 0 Å². The van der Waals surface area contributed by atoms with Gasteiger partial charge in [-0.15, -0.1) is 0 Å². The number of hydrogen-bond donors (Lipinski definition) is 1. The fourth-order valence-electron chi connectivity index (χ4n) is 6.67. The third-order valence-corrected chi connectivity index (χ3v) is 9.79. The van der Waals surface area contributed by atoms with Crippen molar-refractivity contribution in [1.29, 1.82) is 0 Å². The highest BCUT2D eigenvalue weighted by Gasteiger charge is 2.33. The lowest BCUT2D eigenvalue weighted by Crippen LogP contribution is -2.35. The molecule has 2 aliphatic heterocycles. The van der Waals surface area contributed by atoms with Gasteiger partial charge < -0.3 is 33.5 Å². The van der Waals surface area contributed by atoms with Crippen LogP contribution in [0.2, 0.25) is 0 Å². The first-order chi connectivity index (χ1) is 22.3. The number of aliphatic hydroxyl groups is 1. The van der Waals surface area contributed by atoms with Gasteiger partial charge in [0, 0.05) is 79.6 Å². The molecule has 0 saturated carbocycles. The van der Waals surface area contributed by atoms with E-state index in [9.17, 15) is 9.90 Å². The van der Waals surface area contributed by atoms with E-state index in [1.54, 1.807) is 12.0 Å². The Bertz CT molecular complexity index is 1540. The number of carbonyl (C=O) groups is 1. The first kappa shape index (κ1) is 35.8. The van der Waals surface area contributed by atoms with Gasteiger partial charge >= 0.3 is 6.09 Å². The average Bonchev–Trinajstić information content (AvgIpc) is 3.64. The van der Waals surface area contributed by atoms with Gasteiger partial charge in [-0.2, -0.15) is 0 Å². The maximum Gasteiger partial charge on any atom is 0.410 e. The molecule has 10 heteroatoms. The molecule has 2 aromatic heterocycles. The number of likely N-dealkylation sites (tertiary alicyclic amines) is 1. The van der Waals surface area contributed by atoms with Crippen molar-refractivity contribution in [3.8, 4) is 11.3 Å². The van der Waals surface area contributed by atoms with Crippen LogP contribution in [0.25, 0.3) is 22.2 Å². The molecule has 5 rings (SSSR count). The van der Waals surface area contributed by atoms with Gasteiger partial charge in [0.15, 0.2) is 0 Å². The number of fused-ring (bicyclic) bond motifs is 1. The molecule has 0 aliphatic carbocycles. The van der Waals surface area contributed by atoms with Crippen LogP contribution in [0.5, 0.6) is 0 Å². The molecule has 3 aromatic rings. The Hall–Kier alpha value is -2.50. The third kappa shape index (κ3) is 8.57. The van der Waals surface area contributed by atoms with Crippen LogP contribution < -0.4 is 0 Å². The molecule has 2 aliphatic rings. The number of carbonyl (C=O) groups excluding carboxylic acids is 1. The van der Waals surface area contributed by atoms with Crippen LogP contribution in [0.1, 0.15) is 89.6 Å². The molecule has 9 nitrogen and oxygen atoms in total. The maximum absolute atomic E-state index is 12.9. The Morgan fingerprint density at radius 3 is 2.57 bits per heavy atom. The summed E-state index contributed by atoms with van der Waals surface area (Å²) in [7, 11) is 1.71. The molecule has 1 N–H and O–H groups in total. The fraction of sp³-hybridized carbons (Fsp3) is 0.622. The SMILES string of the molecule is CO[C@@H](C)c1ncc([C@@H]2CCN(C(=O)OC(C)(C)C)C2)cc1-c1c(CC(C)(C)CO)c2cc(Br)ccc2n1CCOC1CCOCC1. The summed E-state index contributed by atoms with van der Waals surface area (Å²) in [6, 6.07) is 8.69. The third-order valence-electron chi connectivity index (χ3n) is 9.30. The largest absolute Gasteiger partial charge is 0.444 e. The highest BCUT2D eigenvalue weighted by Crippen LogP contribution is 2.42. The van der Waals surface area contributed by atoms with Crippen LogP contribution in [0.3, 0.4) is 0 Å². The first-order valence-corrected chi connectivity index (χ1v) is 17.7. The van der Waals surface area contributed by atoms with Crippen molar-refractivity contribution in [3.63, 3.8) is 0 Å². The summed E-state index contributed by atoms with van der Waals surface area (Å²) in [6.45, 7) is 15.9. The number of nitrogens with zero attached hydrogens (tertiary/aromatic N) is 3. The molecule has 2 saturated heterocycles. The number of hydrogen-bond acceptors (Lipinski definition) is 7. The summed E-state index contributed by atoms with van der Waals surface area (Å²) in [5, 5.41) is 11.6. The summed E-state index contributed by atoms with van der Waals surface area (Å²) < 4.78 is 26.9. The van der Waals surface area contributed by atoms with E-state index < -0.39 is 5.60 Å². The Labute approximate surface area is 288 Å². The standard InChI is InChI=1S/C37H52BrN3O6/c1-24(44-7)33-30(18-26(21-39-33)25-10-13-40(22-25)35(43)47-36(2,3)4)34-31(20-37(5,6)23-42)29-19-27(38)8-9-32(29)41(34)14-17-46-28-11-15-45-16-12-28/h8-9,18-19,21,24-25,28,42H,10-17,20,22-23H2,1-7H3/t24-,25+/m0/s1. The molecule has 0 radical (unpaired) electrons. The lowest BCUT2D eigenvalue weighted by Gasteiger charge is -2.26. The number of rotatable bonds is 11. The number of ether oxygens (including phenoxy) is 4. The van der Waals surface area contributed by atoms with E-state index in [4.69, 9.17) is 23.9 Å². The highest BCUT2D eigenvalue weighted by molar-refractivity contribution is 9.10. The number of methoxy groups -OCH3 is 1. The Morgan fingerprint density at radius 2 is 1.89 bits per heavy atom. The van der Waals surface area contributed by atoms with Gasteiger partial charge in [0.05, 0.1) is 30.2 Å². The second-order valence-corrected chi connectivity index (χ2v) is 15.7. The molecule has 0 bridgehead atoms. The lowest BCUT2D eigenvalue weighted by molar-refractivity contribution is -0.0336. The number of amides is 1. The Balaban J connectivity index is 1.62. The van der Waals surface area contributed by atoms with Gasteiger partial charge in [-0.3, -0.25) is 4.98 Å². The molecular formula is C37H52BrN3O6. The predicted octanol–water partition coefficient (Wildman–Crippen LogP) is 7.65. The number of aliphatic hydroxyl groups excluding tert-OH is 1. The van der Waals surface area contributed by atoms with Crippen LogP contribution in [-0.2, 0) is 31.9 Å². The van der Waals surface area contributed by atoms with E-state index in [0.29, 0.717) is 32.7 Å². The summed E-state index contributed by atoms with van der Waals surface area (Å²) in [5.41, 5.74) is 5.40. The van der Waals surface area contributed by atoms with Crippen molar-refractivity contribution in [2.75, 3.05) is 46.6 Å². The Morgan fingerprint density at radius 1 is 1.15 bits per heavy atom. The van der Waals surface area contributed by atoms with Crippen LogP contribution in [-0.4, -0.2) is 84.0 Å². The number of benzene rings is 1. The Kier molecular flexibility index (Phi) is 11.4. The zero-order valence-corrected chi connectivity index (χ0v) is 30.7. The maximum atomic E-state index is 12.9. The van der Waals surface area contributed by atoms with Gasteiger partial charge in [0.1, 0.15) is 5.60 Å². The van der Waals surface area contributed by atoms with Crippen molar-refractivity contribution in [2.45, 2.75) is 97.5 Å². The number of pyridine rings is 1. The van der Waals surface area contributed by atoms with E-state index in [-0.39, 0.29) is 36.2 Å². The van der Waals surface area contributed by atoms with Gasteiger partial charge in [-0.05, 0) is 94.2 Å². The van der Waals surface area contributed by atoms with E-state index >= 15 is 0 Å². The smallest absolute Gasteiger partial charge is 0.410 e. The quantitative estimate of drug-likeness (QED) is 0.218. The molecule has 2 atom stereocenters. The molecule has 1 amide bonds.